The third kappa shape index (κ3) is 5.04. The number of rotatable bonds is 6. The summed E-state index contributed by atoms with van der Waals surface area (Å²) in [6.45, 7) is 2.14. The van der Waals surface area contributed by atoms with E-state index < -0.39 is 17.7 Å². The van der Waals surface area contributed by atoms with Gasteiger partial charge in [0, 0.05) is 18.0 Å². The van der Waals surface area contributed by atoms with Crippen molar-refractivity contribution in [3.8, 4) is 5.75 Å². The van der Waals surface area contributed by atoms with Crippen molar-refractivity contribution in [2.24, 2.45) is 5.92 Å². The highest BCUT2D eigenvalue weighted by Crippen LogP contribution is 2.21. The van der Waals surface area contributed by atoms with Gasteiger partial charge in [-0.1, -0.05) is 11.6 Å². The van der Waals surface area contributed by atoms with Crippen LogP contribution in [0.1, 0.15) is 17.7 Å². The summed E-state index contributed by atoms with van der Waals surface area (Å²) in [4.78, 5) is 37.7. The number of nitrogens with zero attached hydrogens (tertiary/aromatic N) is 1. The number of aryl methyl sites for hydroxylation is 1. The van der Waals surface area contributed by atoms with Crippen molar-refractivity contribution >= 4 is 29.3 Å². The predicted molar refractivity (Wildman–Crippen MR) is 100 cm³/mol. The summed E-state index contributed by atoms with van der Waals surface area (Å²) in [5.41, 5.74) is 5.46. The van der Waals surface area contributed by atoms with Gasteiger partial charge >= 0.3 is 0 Å². The fourth-order valence-electron chi connectivity index (χ4n) is 2.82. The maximum absolute atomic E-state index is 12.2. The SMILES string of the molecule is Cc1cc(OCC(=O)NNC(=O)C2CC(=O)N(Cc3ccco3)C2)ccc1Cl. The zero-order chi connectivity index (χ0) is 20.1. The molecule has 148 valence electrons. The number of carbonyl (C=O) groups excluding carboxylic acids is 3. The molecule has 0 radical (unpaired) electrons. The van der Waals surface area contributed by atoms with Crippen molar-refractivity contribution in [1.29, 1.82) is 0 Å². The van der Waals surface area contributed by atoms with Gasteiger partial charge in [0.15, 0.2) is 6.61 Å². The molecule has 0 aliphatic carbocycles. The summed E-state index contributed by atoms with van der Waals surface area (Å²) in [7, 11) is 0. The van der Waals surface area contributed by atoms with E-state index in [4.69, 9.17) is 20.8 Å². The average Bonchev–Trinajstić information content (AvgIpc) is 3.31. The third-order valence-corrected chi connectivity index (χ3v) is 4.76. The van der Waals surface area contributed by atoms with Crippen molar-refractivity contribution in [3.63, 3.8) is 0 Å². The molecule has 2 heterocycles. The van der Waals surface area contributed by atoms with Gasteiger partial charge in [0.25, 0.3) is 5.91 Å². The van der Waals surface area contributed by atoms with Crippen LogP contribution in [0, 0.1) is 12.8 Å². The molecule has 0 spiro atoms. The lowest BCUT2D eigenvalue weighted by atomic mass is 10.1. The molecule has 2 aromatic rings. The first-order chi connectivity index (χ1) is 13.4. The molecule has 1 saturated heterocycles. The van der Waals surface area contributed by atoms with Gasteiger partial charge in [0.05, 0.1) is 18.7 Å². The Morgan fingerprint density at radius 2 is 2.14 bits per heavy atom. The highest BCUT2D eigenvalue weighted by Gasteiger charge is 2.34. The van der Waals surface area contributed by atoms with Gasteiger partial charge in [-0.3, -0.25) is 25.2 Å². The Balaban J connectivity index is 1.41. The Morgan fingerprint density at radius 3 is 2.86 bits per heavy atom. The number of benzene rings is 1. The Labute approximate surface area is 166 Å². The highest BCUT2D eigenvalue weighted by molar-refractivity contribution is 6.31. The second-order valence-corrected chi connectivity index (χ2v) is 6.90. The summed E-state index contributed by atoms with van der Waals surface area (Å²) in [6.07, 6.45) is 1.62. The molecular formula is C19H20ClN3O5. The number of hydrazine groups is 1. The van der Waals surface area contributed by atoms with E-state index in [9.17, 15) is 14.4 Å². The van der Waals surface area contributed by atoms with Crippen LogP contribution >= 0.6 is 11.6 Å². The maximum atomic E-state index is 12.2. The standard InChI is InChI=1S/C19H20ClN3O5/c1-12-7-14(4-5-16(12)20)28-11-17(24)21-22-19(26)13-8-18(25)23(9-13)10-15-3-2-6-27-15/h2-7,13H,8-11H2,1H3,(H,21,24)(H,22,26). The summed E-state index contributed by atoms with van der Waals surface area (Å²) in [6, 6.07) is 8.55. The summed E-state index contributed by atoms with van der Waals surface area (Å²) in [5.74, 6) is -0.466. The van der Waals surface area contributed by atoms with Gasteiger partial charge in [-0.05, 0) is 42.8 Å². The zero-order valence-corrected chi connectivity index (χ0v) is 16.0. The number of hydrogen-bond acceptors (Lipinski definition) is 5. The Bertz CT molecular complexity index is 868. The average molecular weight is 406 g/mol. The van der Waals surface area contributed by atoms with Gasteiger partial charge in [-0.25, -0.2) is 0 Å². The smallest absolute Gasteiger partial charge is 0.276 e. The first kappa shape index (κ1) is 19.8. The van der Waals surface area contributed by atoms with Crippen LogP contribution in [0.25, 0.3) is 0 Å². The molecule has 1 unspecified atom stereocenters. The molecule has 3 rings (SSSR count). The lowest BCUT2D eigenvalue weighted by Crippen LogP contribution is -2.46. The Kier molecular flexibility index (Phi) is 6.20. The molecule has 3 amide bonds. The molecule has 1 aromatic carbocycles. The summed E-state index contributed by atoms with van der Waals surface area (Å²) >= 11 is 5.94. The Hall–Kier alpha value is -3.00. The topological polar surface area (TPSA) is 101 Å². The van der Waals surface area contributed by atoms with E-state index in [-0.39, 0.29) is 25.5 Å². The number of likely N-dealkylation sites (tertiary alicyclic amines) is 1. The monoisotopic (exact) mass is 405 g/mol. The lowest BCUT2D eigenvalue weighted by Gasteiger charge is -2.15. The van der Waals surface area contributed by atoms with Crippen LogP contribution in [0.5, 0.6) is 5.75 Å². The Morgan fingerprint density at radius 1 is 1.32 bits per heavy atom. The van der Waals surface area contributed by atoms with Gasteiger partial charge in [-0.2, -0.15) is 0 Å². The summed E-state index contributed by atoms with van der Waals surface area (Å²) in [5, 5.41) is 0.608. The van der Waals surface area contributed by atoms with Crippen LogP contribution in [0.15, 0.2) is 41.0 Å². The minimum Gasteiger partial charge on any atom is -0.484 e. The van der Waals surface area contributed by atoms with Crippen LogP contribution in [-0.4, -0.2) is 35.8 Å². The van der Waals surface area contributed by atoms with E-state index in [1.54, 1.807) is 35.2 Å². The van der Waals surface area contributed by atoms with Crippen molar-refractivity contribution in [1.82, 2.24) is 15.8 Å². The van der Waals surface area contributed by atoms with Crippen LogP contribution in [0.3, 0.4) is 0 Å². The van der Waals surface area contributed by atoms with Crippen LogP contribution in [0.4, 0.5) is 0 Å². The van der Waals surface area contributed by atoms with E-state index in [1.807, 2.05) is 6.92 Å². The molecule has 1 fully saturated rings. The van der Waals surface area contributed by atoms with E-state index in [0.717, 1.165) is 5.56 Å². The van der Waals surface area contributed by atoms with Gasteiger partial charge in [-0.15, -0.1) is 0 Å². The largest absolute Gasteiger partial charge is 0.484 e. The van der Waals surface area contributed by atoms with Crippen LogP contribution < -0.4 is 15.6 Å². The van der Waals surface area contributed by atoms with E-state index in [2.05, 4.69) is 10.9 Å². The molecule has 8 nitrogen and oxygen atoms in total. The number of halogens is 1. The second-order valence-electron chi connectivity index (χ2n) is 6.49. The summed E-state index contributed by atoms with van der Waals surface area (Å²) < 4.78 is 10.6. The minimum atomic E-state index is -0.539. The zero-order valence-electron chi connectivity index (χ0n) is 15.2. The van der Waals surface area contributed by atoms with Crippen molar-refractivity contribution in [2.75, 3.05) is 13.2 Å². The van der Waals surface area contributed by atoms with Crippen LogP contribution in [0.2, 0.25) is 5.02 Å². The highest BCUT2D eigenvalue weighted by atomic mass is 35.5. The van der Waals surface area contributed by atoms with Gasteiger partial charge in [0.1, 0.15) is 11.5 Å². The maximum Gasteiger partial charge on any atom is 0.276 e. The minimum absolute atomic E-state index is 0.0863. The van der Waals surface area contributed by atoms with Crippen molar-refractivity contribution in [3.05, 3.63) is 52.9 Å². The lowest BCUT2D eigenvalue weighted by molar-refractivity contribution is -0.132. The number of nitrogens with one attached hydrogen (secondary N) is 2. The van der Waals surface area contributed by atoms with E-state index in [0.29, 0.717) is 23.1 Å². The molecule has 1 aliphatic heterocycles. The molecule has 0 bridgehead atoms. The van der Waals surface area contributed by atoms with Crippen LogP contribution in [-0.2, 0) is 20.9 Å². The van der Waals surface area contributed by atoms with Gasteiger partial charge in [0.2, 0.25) is 11.8 Å². The molecule has 0 saturated carbocycles. The van der Waals surface area contributed by atoms with Crippen molar-refractivity contribution < 1.29 is 23.5 Å². The fourth-order valence-corrected chi connectivity index (χ4v) is 2.93. The van der Waals surface area contributed by atoms with E-state index in [1.165, 1.54) is 6.26 Å². The molecule has 2 N–H and O–H groups in total. The second kappa shape index (κ2) is 8.79. The number of furan rings is 1. The van der Waals surface area contributed by atoms with E-state index >= 15 is 0 Å². The molecule has 9 heteroatoms. The molecule has 1 aromatic heterocycles. The molecule has 28 heavy (non-hydrogen) atoms. The first-order valence-electron chi connectivity index (χ1n) is 8.70. The predicted octanol–water partition coefficient (Wildman–Crippen LogP) is 1.82. The quantitative estimate of drug-likeness (QED) is 0.714. The first-order valence-corrected chi connectivity index (χ1v) is 9.08. The van der Waals surface area contributed by atoms with Crippen molar-refractivity contribution in [2.45, 2.75) is 19.9 Å². The number of amides is 3. The normalized spacial score (nSPS) is 16.1. The number of ether oxygens (including phenoxy) is 1. The third-order valence-electron chi connectivity index (χ3n) is 4.34. The molecule has 1 atom stereocenters. The molecule has 1 aliphatic rings. The van der Waals surface area contributed by atoms with Gasteiger partial charge < -0.3 is 14.1 Å². The molecular weight excluding hydrogens is 386 g/mol. The fraction of sp³-hybridized carbons (Fsp3) is 0.316. The number of carbonyl (C=O) groups is 3. The number of hydrogen-bond donors (Lipinski definition) is 2.